The van der Waals surface area contributed by atoms with Gasteiger partial charge < -0.3 is 14.4 Å². The van der Waals surface area contributed by atoms with Crippen molar-refractivity contribution in [3.8, 4) is 5.75 Å². The minimum absolute atomic E-state index is 0.0526. The molecule has 22 heavy (non-hydrogen) atoms. The largest absolute Gasteiger partial charge is 0.491 e. The lowest BCUT2D eigenvalue weighted by molar-refractivity contribution is -0.152. The summed E-state index contributed by atoms with van der Waals surface area (Å²) in [5, 5.41) is 0. The topological polar surface area (TPSA) is 55.8 Å². The maximum atomic E-state index is 12.1. The van der Waals surface area contributed by atoms with Gasteiger partial charge in [0.25, 0.3) is 0 Å². The third-order valence-corrected chi connectivity index (χ3v) is 3.33. The van der Waals surface area contributed by atoms with E-state index in [0.717, 1.165) is 11.4 Å². The molecule has 0 unspecified atom stereocenters. The van der Waals surface area contributed by atoms with Crippen molar-refractivity contribution >= 4 is 17.6 Å². The Morgan fingerprint density at radius 1 is 1.14 bits per heavy atom. The number of amides is 1. The number of hydrogen-bond acceptors (Lipinski definition) is 4. The van der Waals surface area contributed by atoms with Crippen LogP contribution in [0.4, 0.5) is 5.69 Å². The van der Waals surface area contributed by atoms with Crippen molar-refractivity contribution < 1.29 is 19.1 Å². The number of carbonyl (C=O) groups excluding carboxylic acids is 2. The van der Waals surface area contributed by atoms with E-state index in [4.69, 9.17) is 9.47 Å². The molecule has 0 bridgehead atoms. The van der Waals surface area contributed by atoms with Crippen molar-refractivity contribution in [2.24, 2.45) is 5.92 Å². The molecule has 0 N–H and O–H groups in total. The Morgan fingerprint density at radius 2 is 1.77 bits per heavy atom. The molecule has 1 saturated heterocycles. The number of hydrogen-bond donors (Lipinski definition) is 0. The summed E-state index contributed by atoms with van der Waals surface area (Å²) in [6.07, 6.45) is 0.147. The molecule has 5 nitrogen and oxygen atoms in total. The first-order chi connectivity index (χ1) is 10.4. The zero-order chi connectivity index (χ0) is 16.3. The second-order valence-electron chi connectivity index (χ2n) is 6.05. The maximum absolute atomic E-state index is 12.1. The van der Waals surface area contributed by atoms with Crippen LogP contribution in [0.1, 0.15) is 34.1 Å². The van der Waals surface area contributed by atoms with Gasteiger partial charge in [0.2, 0.25) is 5.91 Å². The van der Waals surface area contributed by atoms with E-state index in [-0.39, 0.29) is 36.4 Å². The SMILES string of the molecule is CC(C)OC(=O)[C@H]1CC(=O)N(c2ccc(OC(C)C)cc2)C1. The van der Waals surface area contributed by atoms with Gasteiger partial charge in [-0.15, -0.1) is 0 Å². The zero-order valence-corrected chi connectivity index (χ0v) is 13.5. The van der Waals surface area contributed by atoms with Crippen molar-refractivity contribution in [2.45, 2.75) is 46.3 Å². The molecule has 1 atom stereocenters. The maximum Gasteiger partial charge on any atom is 0.311 e. The molecule has 1 aliphatic heterocycles. The molecular weight excluding hydrogens is 282 g/mol. The first kappa shape index (κ1) is 16.3. The monoisotopic (exact) mass is 305 g/mol. The third kappa shape index (κ3) is 4.00. The Hall–Kier alpha value is -2.04. The first-order valence-corrected chi connectivity index (χ1v) is 7.64. The smallest absolute Gasteiger partial charge is 0.311 e. The molecule has 2 rings (SSSR count). The fraction of sp³-hybridized carbons (Fsp3) is 0.529. The van der Waals surface area contributed by atoms with Crippen LogP contribution in [0, 0.1) is 5.92 Å². The van der Waals surface area contributed by atoms with Crippen LogP contribution in [0.25, 0.3) is 0 Å². The first-order valence-electron chi connectivity index (χ1n) is 7.64. The molecular formula is C17H23NO4. The van der Waals surface area contributed by atoms with E-state index in [2.05, 4.69) is 0 Å². The molecule has 0 saturated carbocycles. The second-order valence-corrected chi connectivity index (χ2v) is 6.05. The van der Waals surface area contributed by atoms with Gasteiger partial charge in [0.15, 0.2) is 0 Å². The van der Waals surface area contributed by atoms with E-state index in [1.54, 1.807) is 18.7 Å². The van der Waals surface area contributed by atoms with Crippen LogP contribution in [0.5, 0.6) is 5.75 Å². The molecule has 0 aliphatic carbocycles. The highest BCUT2D eigenvalue weighted by Gasteiger charge is 2.36. The number of nitrogens with zero attached hydrogens (tertiary/aromatic N) is 1. The van der Waals surface area contributed by atoms with Crippen LogP contribution in [0.15, 0.2) is 24.3 Å². The Bertz CT molecular complexity index is 536. The lowest BCUT2D eigenvalue weighted by atomic mass is 10.1. The quantitative estimate of drug-likeness (QED) is 0.785. The van der Waals surface area contributed by atoms with Gasteiger partial charge in [0.1, 0.15) is 5.75 Å². The molecule has 1 aromatic rings. The molecule has 1 aliphatic rings. The Kier molecular flexibility index (Phi) is 5.06. The number of rotatable bonds is 5. The van der Waals surface area contributed by atoms with Gasteiger partial charge in [-0.05, 0) is 52.0 Å². The Labute approximate surface area is 131 Å². The van der Waals surface area contributed by atoms with E-state index in [1.165, 1.54) is 0 Å². The summed E-state index contributed by atoms with van der Waals surface area (Å²) in [6.45, 7) is 7.90. The Morgan fingerprint density at radius 3 is 2.32 bits per heavy atom. The summed E-state index contributed by atoms with van der Waals surface area (Å²) < 4.78 is 10.8. The van der Waals surface area contributed by atoms with Crippen molar-refractivity contribution in [2.75, 3.05) is 11.4 Å². The fourth-order valence-electron chi connectivity index (χ4n) is 2.42. The van der Waals surface area contributed by atoms with E-state index < -0.39 is 0 Å². The Balaban J connectivity index is 2.03. The van der Waals surface area contributed by atoms with Crippen LogP contribution < -0.4 is 9.64 Å². The highest BCUT2D eigenvalue weighted by atomic mass is 16.5. The van der Waals surface area contributed by atoms with E-state index >= 15 is 0 Å². The molecule has 5 heteroatoms. The van der Waals surface area contributed by atoms with Crippen LogP contribution in [-0.2, 0) is 14.3 Å². The standard InChI is InChI=1S/C17H23NO4/c1-11(2)21-15-7-5-14(6-8-15)18-10-13(9-16(18)19)17(20)22-12(3)4/h5-8,11-13H,9-10H2,1-4H3/t13-/m0/s1. The summed E-state index contributed by atoms with van der Waals surface area (Å²) in [5.74, 6) is 0.0245. The summed E-state index contributed by atoms with van der Waals surface area (Å²) in [4.78, 5) is 25.7. The van der Waals surface area contributed by atoms with E-state index in [0.29, 0.717) is 6.54 Å². The molecule has 1 aromatic carbocycles. The normalized spacial score (nSPS) is 18.2. The molecule has 0 radical (unpaired) electrons. The zero-order valence-electron chi connectivity index (χ0n) is 13.5. The number of ether oxygens (including phenoxy) is 2. The van der Waals surface area contributed by atoms with Crippen LogP contribution in [0.3, 0.4) is 0 Å². The van der Waals surface area contributed by atoms with Gasteiger partial charge >= 0.3 is 5.97 Å². The predicted molar refractivity (Wildman–Crippen MR) is 83.9 cm³/mol. The fourth-order valence-corrected chi connectivity index (χ4v) is 2.42. The molecule has 1 heterocycles. The van der Waals surface area contributed by atoms with Crippen LogP contribution >= 0.6 is 0 Å². The average molecular weight is 305 g/mol. The van der Waals surface area contributed by atoms with Gasteiger partial charge in [-0.25, -0.2) is 0 Å². The van der Waals surface area contributed by atoms with Crippen LogP contribution in [-0.4, -0.2) is 30.6 Å². The lowest BCUT2D eigenvalue weighted by Gasteiger charge is -2.18. The van der Waals surface area contributed by atoms with Gasteiger partial charge in [0, 0.05) is 18.7 Å². The number of anilines is 1. The minimum atomic E-state index is -0.388. The van der Waals surface area contributed by atoms with Gasteiger partial charge in [-0.1, -0.05) is 0 Å². The predicted octanol–water partition coefficient (Wildman–Crippen LogP) is 2.78. The molecule has 0 spiro atoms. The van der Waals surface area contributed by atoms with E-state index in [9.17, 15) is 9.59 Å². The number of carbonyl (C=O) groups is 2. The van der Waals surface area contributed by atoms with Gasteiger partial charge in [0.05, 0.1) is 18.1 Å². The van der Waals surface area contributed by atoms with Crippen molar-refractivity contribution in [3.05, 3.63) is 24.3 Å². The molecule has 1 amide bonds. The molecule has 0 aromatic heterocycles. The van der Waals surface area contributed by atoms with E-state index in [1.807, 2.05) is 38.1 Å². The summed E-state index contributed by atoms with van der Waals surface area (Å²) in [5.41, 5.74) is 0.779. The average Bonchev–Trinajstić information content (AvgIpc) is 2.80. The highest BCUT2D eigenvalue weighted by molar-refractivity contribution is 5.99. The van der Waals surface area contributed by atoms with Crippen molar-refractivity contribution in [1.82, 2.24) is 0 Å². The summed E-state index contributed by atoms with van der Waals surface area (Å²) >= 11 is 0. The minimum Gasteiger partial charge on any atom is -0.491 e. The van der Waals surface area contributed by atoms with Gasteiger partial charge in [-0.3, -0.25) is 9.59 Å². The van der Waals surface area contributed by atoms with Crippen molar-refractivity contribution in [3.63, 3.8) is 0 Å². The van der Waals surface area contributed by atoms with Crippen LogP contribution in [0.2, 0.25) is 0 Å². The third-order valence-electron chi connectivity index (χ3n) is 3.33. The second kappa shape index (κ2) is 6.81. The number of benzene rings is 1. The summed E-state index contributed by atoms with van der Waals surface area (Å²) in [7, 11) is 0. The summed E-state index contributed by atoms with van der Waals surface area (Å²) in [6, 6.07) is 7.35. The highest BCUT2D eigenvalue weighted by Crippen LogP contribution is 2.27. The molecule has 1 fully saturated rings. The lowest BCUT2D eigenvalue weighted by Crippen LogP contribution is -2.27. The molecule has 120 valence electrons. The van der Waals surface area contributed by atoms with Crippen molar-refractivity contribution in [1.29, 1.82) is 0 Å². The van der Waals surface area contributed by atoms with Gasteiger partial charge in [-0.2, -0.15) is 0 Å². The number of esters is 1.